The Morgan fingerprint density at radius 2 is 1.67 bits per heavy atom. The molecule has 0 aliphatic heterocycles. The van der Waals surface area contributed by atoms with Gasteiger partial charge in [0.2, 0.25) is 0 Å². The fourth-order valence-electron chi connectivity index (χ4n) is 0.863. The van der Waals surface area contributed by atoms with E-state index in [1.807, 2.05) is 19.1 Å². The van der Waals surface area contributed by atoms with E-state index in [1.165, 1.54) is 0 Å². The van der Waals surface area contributed by atoms with Crippen LogP contribution in [0.2, 0.25) is 0 Å². The number of allylic oxidation sites excluding steroid dienone is 5. The van der Waals surface area contributed by atoms with E-state index in [0.29, 0.717) is 5.57 Å². The van der Waals surface area contributed by atoms with Gasteiger partial charge in [-0.25, -0.2) is 0 Å². The predicted molar refractivity (Wildman–Crippen MR) is 70.0 cm³/mol. The highest BCUT2D eigenvalue weighted by molar-refractivity contribution is 9.11. The van der Waals surface area contributed by atoms with Crippen molar-refractivity contribution >= 4 is 21.7 Å². The van der Waals surface area contributed by atoms with Gasteiger partial charge in [0.1, 0.15) is 0 Å². The minimum Gasteiger partial charge on any atom is -0.295 e. The lowest BCUT2D eigenvalue weighted by molar-refractivity contribution is -0.113. The van der Waals surface area contributed by atoms with Crippen molar-refractivity contribution in [1.29, 1.82) is 0 Å². The standard InChI is InChI=1S/C13H19BrO/c1-9(13(4,5)6)7-12(11(3)15)8-10(2)14/h7-8H,1H2,2-6H3/b10-8+,12-7+. The van der Waals surface area contributed by atoms with E-state index in [0.717, 1.165) is 10.1 Å². The highest BCUT2D eigenvalue weighted by Gasteiger charge is 2.14. The second-order valence-corrected chi connectivity index (χ2v) is 5.91. The van der Waals surface area contributed by atoms with Crippen molar-refractivity contribution in [1.82, 2.24) is 0 Å². The maximum absolute atomic E-state index is 11.4. The van der Waals surface area contributed by atoms with Gasteiger partial charge in [-0.1, -0.05) is 43.3 Å². The quantitative estimate of drug-likeness (QED) is 0.549. The summed E-state index contributed by atoms with van der Waals surface area (Å²) in [6.45, 7) is 13.7. The normalized spacial score (nSPS) is 14.0. The summed E-state index contributed by atoms with van der Waals surface area (Å²) in [6.07, 6.45) is 3.67. The molecule has 15 heavy (non-hydrogen) atoms. The topological polar surface area (TPSA) is 17.1 Å². The summed E-state index contributed by atoms with van der Waals surface area (Å²) in [5.41, 5.74) is 1.64. The van der Waals surface area contributed by atoms with Gasteiger partial charge in [0.15, 0.2) is 5.78 Å². The predicted octanol–water partition coefficient (Wildman–Crippen LogP) is 4.40. The van der Waals surface area contributed by atoms with Crippen molar-refractivity contribution in [2.24, 2.45) is 5.41 Å². The van der Waals surface area contributed by atoms with Crippen LogP contribution in [0.1, 0.15) is 34.6 Å². The molecule has 2 heteroatoms. The molecule has 84 valence electrons. The van der Waals surface area contributed by atoms with Gasteiger partial charge < -0.3 is 0 Å². The second-order valence-electron chi connectivity index (χ2n) is 4.66. The number of carbonyl (C=O) groups is 1. The van der Waals surface area contributed by atoms with E-state index in [2.05, 4.69) is 43.3 Å². The van der Waals surface area contributed by atoms with Crippen LogP contribution in [0.5, 0.6) is 0 Å². The Bertz CT molecular complexity index is 323. The molecule has 0 amide bonds. The van der Waals surface area contributed by atoms with E-state index < -0.39 is 0 Å². The van der Waals surface area contributed by atoms with Crippen molar-refractivity contribution < 1.29 is 4.79 Å². The van der Waals surface area contributed by atoms with Crippen LogP contribution in [0.25, 0.3) is 0 Å². The highest BCUT2D eigenvalue weighted by Crippen LogP contribution is 2.26. The molecular formula is C13H19BrO. The number of hydrogen-bond donors (Lipinski definition) is 0. The second kappa shape index (κ2) is 5.45. The summed E-state index contributed by atoms with van der Waals surface area (Å²) in [7, 11) is 0. The van der Waals surface area contributed by atoms with Gasteiger partial charge >= 0.3 is 0 Å². The first-order valence-electron chi connectivity index (χ1n) is 4.90. The van der Waals surface area contributed by atoms with Gasteiger partial charge in [-0.3, -0.25) is 4.79 Å². The largest absolute Gasteiger partial charge is 0.295 e. The van der Waals surface area contributed by atoms with Gasteiger partial charge in [0.05, 0.1) is 0 Å². The molecule has 0 aliphatic rings. The molecule has 0 unspecified atom stereocenters. The molecular weight excluding hydrogens is 252 g/mol. The fourth-order valence-corrected chi connectivity index (χ4v) is 1.11. The molecule has 0 aromatic heterocycles. The minimum absolute atomic E-state index is 0.00520. The molecule has 0 aromatic carbocycles. The molecule has 0 atom stereocenters. The van der Waals surface area contributed by atoms with Crippen LogP contribution < -0.4 is 0 Å². The van der Waals surface area contributed by atoms with Crippen molar-refractivity contribution in [3.05, 3.63) is 34.4 Å². The zero-order chi connectivity index (χ0) is 12.2. The lowest BCUT2D eigenvalue weighted by atomic mass is 9.86. The fraction of sp³-hybridized carbons (Fsp3) is 0.462. The first-order chi connectivity index (χ1) is 6.64. The number of rotatable bonds is 3. The highest BCUT2D eigenvalue weighted by atomic mass is 79.9. The molecule has 0 heterocycles. The molecule has 0 bridgehead atoms. The van der Waals surface area contributed by atoms with Gasteiger partial charge in [0.25, 0.3) is 0 Å². The summed E-state index contributed by atoms with van der Waals surface area (Å²) in [5, 5.41) is 0. The zero-order valence-electron chi connectivity index (χ0n) is 10.1. The molecule has 0 saturated heterocycles. The maximum Gasteiger partial charge on any atom is 0.159 e. The number of Topliss-reactive ketones (excluding diaryl/α,β-unsaturated/α-hetero) is 1. The average molecular weight is 271 g/mol. The molecule has 0 fully saturated rings. The Kier molecular flexibility index (Phi) is 5.22. The van der Waals surface area contributed by atoms with Crippen LogP contribution in [0.3, 0.4) is 0 Å². The Balaban J connectivity index is 5.12. The monoisotopic (exact) mass is 270 g/mol. The molecule has 0 aliphatic carbocycles. The molecule has 0 radical (unpaired) electrons. The summed E-state index contributed by atoms with van der Waals surface area (Å²) in [4.78, 5) is 11.4. The third-order valence-electron chi connectivity index (χ3n) is 2.05. The Hall–Kier alpha value is -0.630. The maximum atomic E-state index is 11.4. The van der Waals surface area contributed by atoms with Crippen LogP contribution in [0, 0.1) is 5.41 Å². The van der Waals surface area contributed by atoms with Gasteiger partial charge in [-0.05, 0) is 41.5 Å². The van der Waals surface area contributed by atoms with Crippen LogP contribution in [-0.2, 0) is 4.79 Å². The Labute approximate surface area is 101 Å². The number of halogens is 1. The third-order valence-corrected chi connectivity index (χ3v) is 2.28. The molecule has 0 aromatic rings. The molecule has 0 rings (SSSR count). The van der Waals surface area contributed by atoms with E-state index in [4.69, 9.17) is 0 Å². The average Bonchev–Trinajstić information content (AvgIpc) is 1.99. The first kappa shape index (κ1) is 14.4. The summed E-state index contributed by atoms with van der Waals surface area (Å²) in [5.74, 6) is 0.0548. The number of ketones is 1. The van der Waals surface area contributed by atoms with E-state index >= 15 is 0 Å². The molecule has 0 saturated carbocycles. The van der Waals surface area contributed by atoms with Crippen molar-refractivity contribution in [3.8, 4) is 0 Å². The lowest BCUT2D eigenvalue weighted by Gasteiger charge is -2.19. The first-order valence-corrected chi connectivity index (χ1v) is 5.69. The van der Waals surface area contributed by atoms with Crippen molar-refractivity contribution in [2.75, 3.05) is 0 Å². The van der Waals surface area contributed by atoms with Crippen LogP contribution in [0.4, 0.5) is 0 Å². The molecule has 0 N–H and O–H groups in total. The Morgan fingerprint density at radius 1 is 1.20 bits per heavy atom. The van der Waals surface area contributed by atoms with Crippen molar-refractivity contribution in [2.45, 2.75) is 34.6 Å². The van der Waals surface area contributed by atoms with Gasteiger partial charge in [0, 0.05) is 5.57 Å². The van der Waals surface area contributed by atoms with Gasteiger partial charge in [-0.2, -0.15) is 0 Å². The minimum atomic E-state index is -0.00520. The SMILES string of the molecule is C=C(/C=C(\C=C(/C)Br)C(C)=O)C(C)(C)C. The smallest absolute Gasteiger partial charge is 0.159 e. The summed E-state index contributed by atoms with van der Waals surface area (Å²) >= 11 is 3.32. The Morgan fingerprint density at radius 3 is 1.93 bits per heavy atom. The summed E-state index contributed by atoms with van der Waals surface area (Å²) in [6, 6.07) is 0. The molecule has 0 spiro atoms. The zero-order valence-corrected chi connectivity index (χ0v) is 11.7. The van der Waals surface area contributed by atoms with E-state index in [1.54, 1.807) is 6.92 Å². The lowest BCUT2D eigenvalue weighted by Crippen LogP contribution is -2.07. The van der Waals surface area contributed by atoms with E-state index in [9.17, 15) is 4.79 Å². The number of hydrogen-bond acceptors (Lipinski definition) is 1. The number of carbonyl (C=O) groups excluding carboxylic acids is 1. The van der Waals surface area contributed by atoms with Crippen LogP contribution in [-0.4, -0.2) is 5.78 Å². The molecule has 1 nitrogen and oxygen atoms in total. The van der Waals surface area contributed by atoms with Crippen LogP contribution >= 0.6 is 15.9 Å². The van der Waals surface area contributed by atoms with Crippen molar-refractivity contribution in [3.63, 3.8) is 0 Å². The summed E-state index contributed by atoms with van der Waals surface area (Å²) < 4.78 is 0.936. The van der Waals surface area contributed by atoms with E-state index in [-0.39, 0.29) is 11.2 Å². The third kappa shape index (κ3) is 5.73. The van der Waals surface area contributed by atoms with Crippen LogP contribution in [0.15, 0.2) is 34.4 Å². The van der Waals surface area contributed by atoms with Gasteiger partial charge in [-0.15, -0.1) is 0 Å².